The van der Waals surface area contributed by atoms with E-state index in [0.717, 1.165) is 29.2 Å². The number of ether oxygens (including phenoxy) is 2. The summed E-state index contributed by atoms with van der Waals surface area (Å²) in [7, 11) is 1.64. The predicted octanol–water partition coefficient (Wildman–Crippen LogP) is 3.30. The SMILES string of the molecule is COc1cccc(Oc2ccc(C)cc2CCN)c1. The molecule has 0 unspecified atom stereocenters. The van der Waals surface area contributed by atoms with Gasteiger partial charge in [-0.3, -0.25) is 0 Å². The first kappa shape index (κ1) is 13.4. The van der Waals surface area contributed by atoms with Gasteiger partial charge in [0.05, 0.1) is 7.11 Å². The topological polar surface area (TPSA) is 44.5 Å². The zero-order valence-electron chi connectivity index (χ0n) is 11.3. The molecule has 0 amide bonds. The Morgan fingerprint density at radius 2 is 1.84 bits per heavy atom. The lowest BCUT2D eigenvalue weighted by Gasteiger charge is -2.12. The maximum Gasteiger partial charge on any atom is 0.131 e. The molecule has 0 radical (unpaired) electrons. The van der Waals surface area contributed by atoms with E-state index in [9.17, 15) is 0 Å². The summed E-state index contributed by atoms with van der Waals surface area (Å²) in [4.78, 5) is 0. The van der Waals surface area contributed by atoms with Crippen molar-refractivity contribution in [2.24, 2.45) is 5.73 Å². The second-order valence-corrected chi connectivity index (χ2v) is 4.43. The van der Waals surface area contributed by atoms with Crippen molar-refractivity contribution < 1.29 is 9.47 Å². The van der Waals surface area contributed by atoms with E-state index in [1.54, 1.807) is 7.11 Å². The van der Waals surface area contributed by atoms with E-state index in [0.29, 0.717) is 6.54 Å². The number of benzene rings is 2. The Morgan fingerprint density at radius 3 is 2.58 bits per heavy atom. The van der Waals surface area contributed by atoms with Gasteiger partial charge in [0.15, 0.2) is 0 Å². The molecule has 0 atom stereocenters. The van der Waals surface area contributed by atoms with Gasteiger partial charge in [0.2, 0.25) is 0 Å². The Balaban J connectivity index is 2.26. The summed E-state index contributed by atoms with van der Waals surface area (Å²) in [6.45, 7) is 2.67. The first-order valence-corrected chi connectivity index (χ1v) is 6.34. The molecule has 2 aromatic carbocycles. The van der Waals surface area contributed by atoms with Crippen molar-refractivity contribution in [2.75, 3.05) is 13.7 Å². The predicted molar refractivity (Wildman–Crippen MR) is 77.0 cm³/mol. The molecule has 0 spiro atoms. The summed E-state index contributed by atoms with van der Waals surface area (Å²) in [5.74, 6) is 2.40. The van der Waals surface area contributed by atoms with E-state index < -0.39 is 0 Å². The van der Waals surface area contributed by atoms with Gasteiger partial charge in [0, 0.05) is 6.07 Å². The van der Waals surface area contributed by atoms with Crippen LogP contribution in [0.5, 0.6) is 17.2 Å². The van der Waals surface area contributed by atoms with Crippen molar-refractivity contribution in [1.82, 2.24) is 0 Å². The molecule has 0 saturated heterocycles. The van der Waals surface area contributed by atoms with Crippen LogP contribution in [0.4, 0.5) is 0 Å². The first-order valence-electron chi connectivity index (χ1n) is 6.34. The minimum atomic E-state index is 0.609. The normalized spacial score (nSPS) is 10.3. The smallest absolute Gasteiger partial charge is 0.131 e. The average molecular weight is 257 g/mol. The van der Waals surface area contributed by atoms with Crippen molar-refractivity contribution in [3.63, 3.8) is 0 Å². The monoisotopic (exact) mass is 257 g/mol. The summed E-state index contributed by atoms with van der Waals surface area (Å²) in [6.07, 6.45) is 0.807. The molecule has 100 valence electrons. The van der Waals surface area contributed by atoms with E-state index in [2.05, 4.69) is 13.0 Å². The summed E-state index contributed by atoms with van der Waals surface area (Å²) in [5, 5.41) is 0. The molecule has 2 aromatic rings. The molecule has 0 bridgehead atoms. The molecule has 0 aliphatic heterocycles. The zero-order valence-corrected chi connectivity index (χ0v) is 11.3. The Morgan fingerprint density at radius 1 is 1.05 bits per heavy atom. The maximum absolute atomic E-state index is 5.92. The van der Waals surface area contributed by atoms with Gasteiger partial charge in [-0.05, 0) is 43.7 Å². The highest BCUT2D eigenvalue weighted by molar-refractivity contribution is 5.42. The Kier molecular flexibility index (Phi) is 4.42. The van der Waals surface area contributed by atoms with Crippen LogP contribution in [0.3, 0.4) is 0 Å². The van der Waals surface area contributed by atoms with Gasteiger partial charge >= 0.3 is 0 Å². The molecule has 2 rings (SSSR count). The number of hydrogen-bond acceptors (Lipinski definition) is 3. The fourth-order valence-electron chi connectivity index (χ4n) is 1.95. The van der Waals surface area contributed by atoms with Crippen molar-refractivity contribution in [2.45, 2.75) is 13.3 Å². The minimum Gasteiger partial charge on any atom is -0.497 e. The fourth-order valence-corrected chi connectivity index (χ4v) is 1.95. The van der Waals surface area contributed by atoms with Gasteiger partial charge in [-0.2, -0.15) is 0 Å². The second kappa shape index (κ2) is 6.25. The van der Waals surface area contributed by atoms with Crippen LogP contribution in [0.1, 0.15) is 11.1 Å². The molecule has 3 nitrogen and oxygen atoms in total. The van der Waals surface area contributed by atoms with Crippen LogP contribution < -0.4 is 15.2 Å². The van der Waals surface area contributed by atoms with Crippen LogP contribution in [0.15, 0.2) is 42.5 Å². The van der Waals surface area contributed by atoms with E-state index >= 15 is 0 Å². The van der Waals surface area contributed by atoms with Gasteiger partial charge in [0.1, 0.15) is 17.2 Å². The Labute approximate surface area is 114 Å². The number of aryl methyl sites for hydroxylation is 1. The van der Waals surface area contributed by atoms with E-state index in [4.69, 9.17) is 15.2 Å². The maximum atomic E-state index is 5.92. The van der Waals surface area contributed by atoms with Gasteiger partial charge in [-0.25, -0.2) is 0 Å². The highest BCUT2D eigenvalue weighted by atomic mass is 16.5. The summed E-state index contributed by atoms with van der Waals surface area (Å²) >= 11 is 0. The standard InChI is InChI=1S/C16H19NO2/c1-12-6-7-16(13(10-12)8-9-17)19-15-5-3-4-14(11-15)18-2/h3-7,10-11H,8-9,17H2,1-2H3. The summed E-state index contributed by atoms with van der Waals surface area (Å²) < 4.78 is 11.1. The van der Waals surface area contributed by atoms with Crippen LogP contribution in [0, 0.1) is 6.92 Å². The number of rotatable bonds is 5. The molecular weight excluding hydrogens is 238 g/mol. The van der Waals surface area contributed by atoms with Crippen molar-refractivity contribution in [1.29, 1.82) is 0 Å². The van der Waals surface area contributed by atoms with Crippen molar-refractivity contribution in [3.8, 4) is 17.2 Å². The van der Waals surface area contributed by atoms with Crippen LogP contribution in [-0.2, 0) is 6.42 Å². The van der Waals surface area contributed by atoms with E-state index in [1.807, 2.05) is 36.4 Å². The molecule has 0 aromatic heterocycles. The molecule has 0 fully saturated rings. The largest absolute Gasteiger partial charge is 0.497 e. The van der Waals surface area contributed by atoms with Crippen molar-refractivity contribution >= 4 is 0 Å². The Hall–Kier alpha value is -2.00. The number of nitrogens with two attached hydrogens (primary N) is 1. The van der Waals surface area contributed by atoms with Gasteiger partial charge in [-0.1, -0.05) is 23.8 Å². The lowest BCUT2D eigenvalue weighted by molar-refractivity contribution is 0.408. The number of hydrogen-bond donors (Lipinski definition) is 1. The quantitative estimate of drug-likeness (QED) is 0.893. The lowest BCUT2D eigenvalue weighted by atomic mass is 10.1. The van der Waals surface area contributed by atoms with E-state index in [-0.39, 0.29) is 0 Å². The summed E-state index contributed by atoms with van der Waals surface area (Å²) in [6, 6.07) is 13.7. The molecule has 2 N–H and O–H groups in total. The van der Waals surface area contributed by atoms with Gasteiger partial charge in [-0.15, -0.1) is 0 Å². The van der Waals surface area contributed by atoms with E-state index in [1.165, 1.54) is 5.56 Å². The fraction of sp³-hybridized carbons (Fsp3) is 0.250. The molecule has 0 aliphatic carbocycles. The number of methoxy groups -OCH3 is 1. The van der Waals surface area contributed by atoms with Crippen LogP contribution in [-0.4, -0.2) is 13.7 Å². The highest BCUT2D eigenvalue weighted by Gasteiger charge is 2.05. The third kappa shape index (κ3) is 3.48. The molecule has 0 heterocycles. The molecule has 19 heavy (non-hydrogen) atoms. The highest BCUT2D eigenvalue weighted by Crippen LogP contribution is 2.28. The van der Waals surface area contributed by atoms with Crippen LogP contribution in [0.2, 0.25) is 0 Å². The van der Waals surface area contributed by atoms with Crippen LogP contribution in [0.25, 0.3) is 0 Å². The van der Waals surface area contributed by atoms with Gasteiger partial charge < -0.3 is 15.2 Å². The average Bonchev–Trinajstić information content (AvgIpc) is 2.42. The third-order valence-corrected chi connectivity index (χ3v) is 2.90. The first-order chi connectivity index (χ1) is 9.22. The zero-order chi connectivity index (χ0) is 13.7. The lowest BCUT2D eigenvalue weighted by Crippen LogP contribution is -2.04. The molecular formula is C16H19NO2. The van der Waals surface area contributed by atoms with Gasteiger partial charge in [0.25, 0.3) is 0 Å². The third-order valence-electron chi connectivity index (χ3n) is 2.90. The molecule has 3 heteroatoms. The summed E-state index contributed by atoms with van der Waals surface area (Å²) in [5.41, 5.74) is 7.98. The van der Waals surface area contributed by atoms with Crippen LogP contribution >= 0.6 is 0 Å². The minimum absolute atomic E-state index is 0.609. The molecule has 0 saturated carbocycles. The Bertz CT molecular complexity index is 552. The second-order valence-electron chi connectivity index (χ2n) is 4.43. The molecule has 0 aliphatic rings. The van der Waals surface area contributed by atoms with Crippen molar-refractivity contribution in [3.05, 3.63) is 53.6 Å².